The quantitative estimate of drug-likeness (QED) is 0.738. The van der Waals surface area contributed by atoms with E-state index in [-0.39, 0.29) is 0 Å². The topological polar surface area (TPSA) is 22.1 Å². The van der Waals surface area contributed by atoms with Crippen molar-refractivity contribution in [2.24, 2.45) is 0 Å². The molecule has 1 heterocycles. The Morgan fingerprint density at radius 2 is 1.73 bits per heavy atom. The van der Waals surface area contributed by atoms with Crippen molar-refractivity contribution in [3.05, 3.63) is 53.7 Å². The molecule has 0 saturated carbocycles. The fourth-order valence-corrected chi connectivity index (χ4v) is 1.30. The predicted octanol–water partition coefficient (Wildman–Crippen LogP) is 3.49. The van der Waals surface area contributed by atoms with Crippen LogP contribution in [0.4, 0.5) is 0 Å². The van der Waals surface area contributed by atoms with Crippen LogP contribution in [0.2, 0.25) is 0 Å². The van der Waals surface area contributed by atoms with Gasteiger partial charge in [-0.25, -0.2) is 4.98 Å². The first-order valence-corrected chi connectivity index (χ1v) is 4.92. The fourth-order valence-electron chi connectivity index (χ4n) is 1.30. The Labute approximate surface area is 89.6 Å². The number of nitrogens with zero attached hydrogens (tertiary/aromatic N) is 1. The average Bonchev–Trinajstić information content (AvgIpc) is 2.25. The Morgan fingerprint density at radius 3 is 2.40 bits per heavy atom. The lowest BCUT2D eigenvalue weighted by Gasteiger charge is -2.06. The summed E-state index contributed by atoms with van der Waals surface area (Å²) in [5.74, 6) is 1.49. The van der Waals surface area contributed by atoms with Gasteiger partial charge >= 0.3 is 0 Å². The molecular weight excluding hydrogens is 186 g/mol. The number of hydrogen-bond donors (Lipinski definition) is 0. The minimum Gasteiger partial charge on any atom is -0.439 e. The van der Waals surface area contributed by atoms with Crippen molar-refractivity contribution in [3.63, 3.8) is 0 Å². The molecule has 1 aromatic heterocycles. The minimum absolute atomic E-state index is 0.668. The van der Waals surface area contributed by atoms with E-state index in [9.17, 15) is 0 Å². The molecular formula is C13H13NO. The number of aromatic nitrogens is 1. The van der Waals surface area contributed by atoms with Crippen LogP contribution in [0.15, 0.2) is 42.6 Å². The van der Waals surface area contributed by atoms with Gasteiger partial charge in [-0.2, -0.15) is 0 Å². The number of rotatable bonds is 2. The molecule has 2 rings (SSSR count). The molecule has 2 heteroatoms. The van der Waals surface area contributed by atoms with Crippen LogP contribution in [0, 0.1) is 13.8 Å². The Kier molecular flexibility index (Phi) is 2.68. The number of ether oxygens (including phenoxy) is 1. The number of hydrogen-bond acceptors (Lipinski definition) is 2. The second-order valence-electron chi connectivity index (χ2n) is 3.54. The summed E-state index contributed by atoms with van der Waals surface area (Å²) in [6.07, 6.45) is 1.73. The first-order valence-electron chi connectivity index (χ1n) is 4.92. The van der Waals surface area contributed by atoms with Crippen LogP contribution < -0.4 is 4.74 Å². The smallest absolute Gasteiger partial charge is 0.222 e. The summed E-state index contributed by atoms with van der Waals surface area (Å²) >= 11 is 0. The number of aryl methyl sites for hydroxylation is 2. The van der Waals surface area contributed by atoms with Crippen molar-refractivity contribution in [1.29, 1.82) is 0 Å². The standard InChI is InChI=1S/C13H13NO/c1-10-5-7-12(8-6-10)15-13-11(2)4-3-9-14-13/h3-9H,1-2H3. The van der Waals surface area contributed by atoms with E-state index in [0.29, 0.717) is 5.88 Å². The highest BCUT2D eigenvalue weighted by Crippen LogP contribution is 2.21. The summed E-state index contributed by atoms with van der Waals surface area (Å²) < 4.78 is 5.65. The van der Waals surface area contributed by atoms with E-state index in [1.54, 1.807) is 6.20 Å². The zero-order chi connectivity index (χ0) is 10.7. The van der Waals surface area contributed by atoms with Gasteiger partial charge in [0, 0.05) is 11.8 Å². The van der Waals surface area contributed by atoms with Crippen LogP contribution in [0.1, 0.15) is 11.1 Å². The SMILES string of the molecule is Cc1ccc(Oc2ncccc2C)cc1. The largest absolute Gasteiger partial charge is 0.439 e. The zero-order valence-electron chi connectivity index (χ0n) is 8.90. The van der Waals surface area contributed by atoms with Gasteiger partial charge in [-0.3, -0.25) is 0 Å². The van der Waals surface area contributed by atoms with Crippen molar-refractivity contribution < 1.29 is 4.74 Å². The maximum atomic E-state index is 5.65. The van der Waals surface area contributed by atoms with Crippen LogP contribution in [-0.2, 0) is 0 Å². The maximum absolute atomic E-state index is 5.65. The van der Waals surface area contributed by atoms with Crippen LogP contribution in [0.5, 0.6) is 11.6 Å². The molecule has 76 valence electrons. The molecule has 0 atom stereocenters. The molecule has 0 radical (unpaired) electrons. The highest BCUT2D eigenvalue weighted by molar-refractivity contribution is 5.32. The summed E-state index contributed by atoms with van der Waals surface area (Å²) in [6, 6.07) is 11.8. The van der Waals surface area contributed by atoms with Crippen molar-refractivity contribution in [2.45, 2.75) is 13.8 Å². The van der Waals surface area contributed by atoms with Crippen LogP contribution >= 0.6 is 0 Å². The molecule has 2 aromatic rings. The Morgan fingerprint density at radius 1 is 1.00 bits per heavy atom. The molecule has 0 saturated heterocycles. The first-order chi connectivity index (χ1) is 7.25. The highest BCUT2D eigenvalue weighted by atomic mass is 16.5. The van der Waals surface area contributed by atoms with Gasteiger partial charge in [0.2, 0.25) is 5.88 Å². The zero-order valence-corrected chi connectivity index (χ0v) is 8.90. The normalized spacial score (nSPS) is 10.0. The number of benzene rings is 1. The molecule has 0 aliphatic heterocycles. The summed E-state index contributed by atoms with van der Waals surface area (Å²) in [5.41, 5.74) is 2.26. The van der Waals surface area contributed by atoms with Gasteiger partial charge < -0.3 is 4.74 Å². The second kappa shape index (κ2) is 4.13. The maximum Gasteiger partial charge on any atom is 0.222 e. The molecule has 0 unspecified atom stereocenters. The average molecular weight is 199 g/mol. The summed E-state index contributed by atoms with van der Waals surface area (Å²) in [5, 5.41) is 0. The fraction of sp³-hybridized carbons (Fsp3) is 0.154. The third-order valence-electron chi connectivity index (χ3n) is 2.20. The Balaban J connectivity index is 2.22. The monoisotopic (exact) mass is 199 g/mol. The third kappa shape index (κ3) is 2.34. The van der Waals surface area contributed by atoms with Crippen LogP contribution in [0.25, 0.3) is 0 Å². The van der Waals surface area contributed by atoms with Crippen molar-refractivity contribution in [3.8, 4) is 11.6 Å². The minimum atomic E-state index is 0.668. The molecule has 1 aromatic carbocycles. The summed E-state index contributed by atoms with van der Waals surface area (Å²) in [6.45, 7) is 4.03. The van der Waals surface area contributed by atoms with E-state index >= 15 is 0 Å². The van der Waals surface area contributed by atoms with Crippen LogP contribution in [0.3, 0.4) is 0 Å². The van der Waals surface area contributed by atoms with E-state index in [1.165, 1.54) is 5.56 Å². The molecule has 2 nitrogen and oxygen atoms in total. The molecule has 0 bridgehead atoms. The lowest BCUT2D eigenvalue weighted by molar-refractivity contribution is 0.459. The molecule has 0 N–H and O–H groups in total. The predicted molar refractivity (Wildman–Crippen MR) is 60.2 cm³/mol. The second-order valence-corrected chi connectivity index (χ2v) is 3.54. The molecule has 0 amide bonds. The Hall–Kier alpha value is -1.83. The van der Waals surface area contributed by atoms with E-state index < -0.39 is 0 Å². The highest BCUT2D eigenvalue weighted by Gasteiger charge is 2.00. The lowest BCUT2D eigenvalue weighted by atomic mass is 10.2. The molecule has 0 fully saturated rings. The summed E-state index contributed by atoms with van der Waals surface area (Å²) in [7, 11) is 0. The van der Waals surface area contributed by atoms with Gasteiger partial charge in [0.25, 0.3) is 0 Å². The Bertz CT molecular complexity index is 448. The number of pyridine rings is 1. The van der Waals surface area contributed by atoms with Crippen molar-refractivity contribution in [2.75, 3.05) is 0 Å². The molecule has 0 aliphatic rings. The van der Waals surface area contributed by atoms with E-state index in [0.717, 1.165) is 11.3 Å². The van der Waals surface area contributed by atoms with Crippen molar-refractivity contribution in [1.82, 2.24) is 4.98 Å². The van der Waals surface area contributed by atoms with Gasteiger partial charge in [-0.15, -0.1) is 0 Å². The lowest BCUT2D eigenvalue weighted by Crippen LogP contribution is -1.90. The molecule has 0 spiro atoms. The third-order valence-corrected chi connectivity index (χ3v) is 2.20. The van der Waals surface area contributed by atoms with Gasteiger partial charge in [-0.05, 0) is 32.0 Å². The van der Waals surface area contributed by atoms with Crippen LogP contribution in [-0.4, -0.2) is 4.98 Å². The van der Waals surface area contributed by atoms with Gasteiger partial charge in [-0.1, -0.05) is 23.8 Å². The molecule has 15 heavy (non-hydrogen) atoms. The van der Waals surface area contributed by atoms with Gasteiger partial charge in [0.15, 0.2) is 0 Å². The first kappa shape index (κ1) is 9.71. The molecule has 0 aliphatic carbocycles. The van der Waals surface area contributed by atoms with E-state index in [4.69, 9.17) is 4.74 Å². The van der Waals surface area contributed by atoms with Gasteiger partial charge in [0.1, 0.15) is 5.75 Å². The van der Waals surface area contributed by atoms with Gasteiger partial charge in [0.05, 0.1) is 0 Å². The van der Waals surface area contributed by atoms with E-state index in [1.807, 2.05) is 43.3 Å². The van der Waals surface area contributed by atoms with E-state index in [2.05, 4.69) is 11.9 Å². The van der Waals surface area contributed by atoms with Crippen molar-refractivity contribution >= 4 is 0 Å². The summed E-state index contributed by atoms with van der Waals surface area (Å²) in [4.78, 5) is 4.17.